The number of amides is 2. The normalized spacial score (nSPS) is 20.4. The number of rotatable bonds is 6. The zero-order valence-corrected chi connectivity index (χ0v) is 18.2. The van der Waals surface area contributed by atoms with E-state index in [0.717, 1.165) is 30.8 Å². The fraction of sp³-hybridized carbons (Fsp3) is 0.545. The Morgan fingerprint density at radius 3 is 2.81 bits per heavy atom. The van der Waals surface area contributed by atoms with Crippen molar-refractivity contribution in [3.63, 3.8) is 0 Å². The lowest BCUT2D eigenvalue weighted by Gasteiger charge is -2.23. The Morgan fingerprint density at radius 1 is 1.10 bits per heavy atom. The van der Waals surface area contributed by atoms with Crippen molar-refractivity contribution in [2.45, 2.75) is 57.4 Å². The fourth-order valence-corrected chi connectivity index (χ4v) is 5.60. The van der Waals surface area contributed by atoms with Gasteiger partial charge in [0.1, 0.15) is 5.01 Å². The van der Waals surface area contributed by atoms with Gasteiger partial charge < -0.3 is 19.7 Å². The summed E-state index contributed by atoms with van der Waals surface area (Å²) in [6, 6.07) is 5.18. The third-order valence-corrected chi connectivity index (χ3v) is 7.39. The van der Waals surface area contributed by atoms with Crippen LogP contribution in [-0.4, -0.2) is 40.2 Å². The predicted molar refractivity (Wildman–Crippen MR) is 115 cm³/mol. The van der Waals surface area contributed by atoms with Crippen LogP contribution in [0.25, 0.3) is 0 Å². The van der Waals surface area contributed by atoms with E-state index < -0.39 is 0 Å². The third kappa shape index (κ3) is 4.37. The number of benzene rings is 1. The molecular formula is C22H26N4O4S. The summed E-state index contributed by atoms with van der Waals surface area (Å²) in [5, 5.41) is 12.2. The van der Waals surface area contributed by atoms with E-state index in [1.165, 1.54) is 37.0 Å². The quantitative estimate of drug-likeness (QED) is 0.722. The van der Waals surface area contributed by atoms with Gasteiger partial charge in [0.2, 0.25) is 17.7 Å². The number of nitrogens with one attached hydrogen (secondary N) is 1. The van der Waals surface area contributed by atoms with E-state index in [1.807, 2.05) is 4.90 Å². The second-order valence-electron chi connectivity index (χ2n) is 8.40. The van der Waals surface area contributed by atoms with Gasteiger partial charge in [0.05, 0.1) is 6.04 Å². The van der Waals surface area contributed by atoms with Crippen LogP contribution in [0.4, 0.5) is 5.69 Å². The van der Waals surface area contributed by atoms with Crippen LogP contribution < -0.4 is 14.8 Å². The van der Waals surface area contributed by atoms with Crippen LogP contribution in [0.5, 0.6) is 11.5 Å². The molecule has 2 fully saturated rings. The average Bonchev–Trinajstić information content (AvgIpc) is 3.57. The Morgan fingerprint density at radius 2 is 1.94 bits per heavy atom. The predicted octanol–water partition coefficient (Wildman–Crippen LogP) is 4.15. The molecule has 1 saturated carbocycles. The summed E-state index contributed by atoms with van der Waals surface area (Å²) >= 11 is 1.26. The summed E-state index contributed by atoms with van der Waals surface area (Å²) in [6.07, 6.45) is 8.54. The van der Waals surface area contributed by atoms with Gasteiger partial charge in [-0.3, -0.25) is 9.59 Å². The third-order valence-electron chi connectivity index (χ3n) is 6.36. The summed E-state index contributed by atoms with van der Waals surface area (Å²) < 4.78 is 10.6. The van der Waals surface area contributed by atoms with Gasteiger partial charge in [-0.25, -0.2) is 0 Å². The maximum absolute atomic E-state index is 12.8. The standard InChI is InChI=1S/C22H26N4O4S/c27-19(10-7-14-4-1-2-5-14)26-11-3-6-16(26)21-24-25-22(31-21)20(28)23-15-8-9-17-18(12-15)30-13-29-17/h8-9,12,14,16H,1-7,10-11,13H2,(H,23,28). The molecule has 1 unspecified atom stereocenters. The zero-order valence-electron chi connectivity index (χ0n) is 17.3. The molecule has 31 heavy (non-hydrogen) atoms. The zero-order chi connectivity index (χ0) is 21.2. The van der Waals surface area contributed by atoms with Gasteiger partial charge in [0.25, 0.3) is 5.91 Å². The van der Waals surface area contributed by atoms with E-state index >= 15 is 0 Å². The van der Waals surface area contributed by atoms with Gasteiger partial charge in [-0.15, -0.1) is 10.2 Å². The van der Waals surface area contributed by atoms with Gasteiger partial charge in [-0.1, -0.05) is 37.0 Å². The van der Waals surface area contributed by atoms with Crippen LogP contribution in [0.3, 0.4) is 0 Å². The molecule has 0 bridgehead atoms. The molecule has 1 aromatic carbocycles. The Hall–Kier alpha value is -2.68. The van der Waals surface area contributed by atoms with Crippen molar-refractivity contribution in [3.05, 3.63) is 28.2 Å². The Kier molecular flexibility index (Phi) is 5.76. The first-order valence-electron chi connectivity index (χ1n) is 11.0. The first kappa shape index (κ1) is 20.2. The molecule has 9 heteroatoms. The Labute approximate surface area is 184 Å². The highest BCUT2D eigenvalue weighted by atomic mass is 32.1. The molecule has 1 N–H and O–H groups in total. The maximum Gasteiger partial charge on any atom is 0.286 e. The first-order chi connectivity index (χ1) is 15.2. The molecule has 5 rings (SSSR count). The molecule has 2 aromatic rings. The van der Waals surface area contributed by atoms with E-state index in [9.17, 15) is 9.59 Å². The molecule has 3 aliphatic rings. The number of aromatic nitrogens is 2. The van der Waals surface area contributed by atoms with Crippen molar-refractivity contribution in [1.82, 2.24) is 15.1 Å². The summed E-state index contributed by atoms with van der Waals surface area (Å²) in [5.74, 6) is 1.86. The first-order valence-corrected chi connectivity index (χ1v) is 11.8. The highest BCUT2D eigenvalue weighted by Crippen LogP contribution is 2.36. The lowest BCUT2D eigenvalue weighted by atomic mass is 10.0. The Bertz CT molecular complexity index is 972. The molecule has 164 valence electrons. The van der Waals surface area contributed by atoms with Crippen molar-refractivity contribution >= 4 is 28.8 Å². The minimum absolute atomic E-state index is 0.0688. The van der Waals surface area contributed by atoms with Gasteiger partial charge in [0, 0.05) is 24.7 Å². The second kappa shape index (κ2) is 8.82. The number of hydrogen-bond donors (Lipinski definition) is 1. The molecule has 2 aliphatic heterocycles. The molecule has 3 heterocycles. The molecule has 1 aromatic heterocycles. The van der Waals surface area contributed by atoms with Crippen LogP contribution in [0.1, 0.15) is 72.2 Å². The number of nitrogens with zero attached hydrogens (tertiary/aromatic N) is 3. The van der Waals surface area contributed by atoms with E-state index in [4.69, 9.17) is 9.47 Å². The van der Waals surface area contributed by atoms with Gasteiger partial charge in [-0.05, 0) is 37.3 Å². The van der Waals surface area contributed by atoms with E-state index in [1.54, 1.807) is 18.2 Å². The van der Waals surface area contributed by atoms with Crippen molar-refractivity contribution in [2.24, 2.45) is 5.92 Å². The molecule has 0 radical (unpaired) electrons. The SMILES string of the molecule is O=C(Nc1ccc2c(c1)OCO2)c1nnc(C2CCCN2C(=O)CCC2CCCC2)s1. The Balaban J connectivity index is 1.21. The number of carbonyl (C=O) groups is 2. The van der Waals surface area contributed by atoms with Crippen molar-refractivity contribution in [3.8, 4) is 11.5 Å². The smallest absolute Gasteiger partial charge is 0.286 e. The molecule has 0 spiro atoms. The number of ether oxygens (including phenoxy) is 2. The van der Waals surface area contributed by atoms with Crippen LogP contribution >= 0.6 is 11.3 Å². The van der Waals surface area contributed by atoms with Crippen molar-refractivity contribution < 1.29 is 19.1 Å². The molecule has 1 atom stereocenters. The fourth-order valence-electron chi connectivity index (χ4n) is 4.71. The van der Waals surface area contributed by atoms with Crippen LogP contribution in [0.15, 0.2) is 18.2 Å². The second-order valence-corrected chi connectivity index (χ2v) is 9.41. The average molecular weight is 443 g/mol. The lowest BCUT2D eigenvalue weighted by molar-refractivity contribution is -0.132. The highest BCUT2D eigenvalue weighted by molar-refractivity contribution is 7.13. The van der Waals surface area contributed by atoms with Crippen LogP contribution in [0, 0.1) is 5.92 Å². The van der Waals surface area contributed by atoms with E-state index in [-0.39, 0.29) is 29.7 Å². The maximum atomic E-state index is 12.8. The summed E-state index contributed by atoms with van der Waals surface area (Å²) in [6.45, 7) is 0.941. The number of carbonyl (C=O) groups excluding carboxylic acids is 2. The van der Waals surface area contributed by atoms with Gasteiger partial charge >= 0.3 is 0 Å². The van der Waals surface area contributed by atoms with Crippen LogP contribution in [0.2, 0.25) is 0 Å². The summed E-state index contributed by atoms with van der Waals surface area (Å²) in [4.78, 5) is 27.4. The molecule has 1 aliphatic carbocycles. The molecular weight excluding hydrogens is 416 g/mol. The molecule has 1 saturated heterocycles. The summed E-state index contributed by atoms with van der Waals surface area (Å²) in [5.41, 5.74) is 0.607. The number of fused-ring (bicyclic) bond motifs is 1. The number of hydrogen-bond acceptors (Lipinski definition) is 7. The van der Waals surface area contributed by atoms with Crippen molar-refractivity contribution in [1.29, 1.82) is 0 Å². The van der Waals surface area contributed by atoms with Crippen LogP contribution in [-0.2, 0) is 4.79 Å². The molecule has 8 nitrogen and oxygen atoms in total. The van der Waals surface area contributed by atoms with E-state index in [0.29, 0.717) is 29.5 Å². The van der Waals surface area contributed by atoms with Crippen molar-refractivity contribution in [2.75, 3.05) is 18.7 Å². The monoisotopic (exact) mass is 442 g/mol. The lowest BCUT2D eigenvalue weighted by Crippen LogP contribution is -2.30. The largest absolute Gasteiger partial charge is 0.454 e. The van der Waals surface area contributed by atoms with E-state index in [2.05, 4.69) is 15.5 Å². The molecule has 2 amide bonds. The minimum Gasteiger partial charge on any atom is -0.454 e. The number of likely N-dealkylation sites (tertiary alicyclic amines) is 1. The topological polar surface area (TPSA) is 93.7 Å². The van der Waals surface area contributed by atoms with Gasteiger partial charge in [0.15, 0.2) is 11.5 Å². The van der Waals surface area contributed by atoms with Gasteiger partial charge in [-0.2, -0.15) is 0 Å². The summed E-state index contributed by atoms with van der Waals surface area (Å²) in [7, 11) is 0. The number of anilines is 1. The highest BCUT2D eigenvalue weighted by Gasteiger charge is 2.33. The minimum atomic E-state index is -0.320.